The Morgan fingerprint density at radius 3 is 2.39 bits per heavy atom. The van der Waals surface area contributed by atoms with Crippen LogP contribution in [0.3, 0.4) is 0 Å². The van der Waals surface area contributed by atoms with Crippen LogP contribution in [0.4, 0.5) is 11.5 Å². The lowest BCUT2D eigenvalue weighted by molar-refractivity contribution is -0.114. The van der Waals surface area contributed by atoms with Crippen molar-refractivity contribution in [3.8, 4) is 0 Å². The third kappa shape index (κ3) is 3.76. The number of carbonyl (C=O) groups is 1. The first-order chi connectivity index (χ1) is 10.4. The van der Waals surface area contributed by atoms with Crippen LogP contribution in [0, 0.1) is 0 Å². The van der Waals surface area contributed by atoms with E-state index in [1.165, 1.54) is 0 Å². The van der Waals surface area contributed by atoms with E-state index in [0.717, 1.165) is 22.8 Å². The Balaban J connectivity index is 0.00000192. The smallest absolute Gasteiger partial charge is 0.246 e. The molecule has 3 rings (SSSR count). The van der Waals surface area contributed by atoms with Gasteiger partial charge in [-0.15, -0.1) is 0 Å². The molecule has 1 aromatic heterocycles. The van der Waals surface area contributed by atoms with Gasteiger partial charge in [0.25, 0.3) is 0 Å². The van der Waals surface area contributed by atoms with Crippen molar-refractivity contribution in [2.75, 3.05) is 33.0 Å². The monoisotopic (exact) mass is 422 g/mol. The second-order valence-corrected chi connectivity index (χ2v) is 6.16. The highest BCUT2D eigenvalue weighted by molar-refractivity contribution is 6.18. The average molecular weight is 422 g/mol. The number of amides is 1. The number of hydrogen-bond donors (Lipinski definition) is 1. The number of halogens is 1. The number of benzene rings is 1. The molecule has 0 unspecified atom stereocenters. The van der Waals surface area contributed by atoms with E-state index in [2.05, 4.69) is 31.5 Å². The molecule has 2 aromatic rings. The van der Waals surface area contributed by atoms with E-state index < -0.39 is 0 Å². The molecule has 0 fully saturated rings. The van der Waals surface area contributed by atoms with Crippen LogP contribution < -0.4 is 33.8 Å². The van der Waals surface area contributed by atoms with Crippen molar-refractivity contribution in [1.29, 1.82) is 0 Å². The lowest BCUT2D eigenvalue weighted by Gasteiger charge is -2.23. The Bertz CT molecular complexity index is 751. The highest BCUT2D eigenvalue weighted by atomic mass is 127. The van der Waals surface area contributed by atoms with Crippen LogP contribution in [-0.2, 0) is 4.79 Å². The van der Waals surface area contributed by atoms with E-state index in [4.69, 9.17) is 4.98 Å². The van der Waals surface area contributed by atoms with Crippen molar-refractivity contribution >= 4 is 23.1 Å². The zero-order valence-corrected chi connectivity index (χ0v) is 15.5. The summed E-state index contributed by atoms with van der Waals surface area (Å²) in [5.74, 6) is 0.797. The van der Waals surface area contributed by atoms with Crippen LogP contribution >= 0.6 is 0 Å². The second-order valence-electron chi connectivity index (χ2n) is 6.16. The fourth-order valence-electron chi connectivity index (χ4n) is 2.34. The SMILES string of the molecule is C[N+](C)(C)c1ccc2c(n1)C(c1ccccc1)=NCC(=O)N2.[I-]. The van der Waals surface area contributed by atoms with Crippen LogP contribution in [0.25, 0.3) is 0 Å². The van der Waals surface area contributed by atoms with Crippen molar-refractivity contribution < 1.29 is 28.8 Å². The molecule has 1 amide bonds. The molecule has 2 heterocycles. The number of hydrogen-bond acceptors (Lipinski definition) is 3. The third-order valence-corrected chi connectivity index (χ3v) is 3.49. The zero-order chi connectivity index (χ0) is 15.7. The van der Waals surface area contributed by atoms with Gasteiger partial charge in [0.2, 0.25) is 11.7 Å². The molecule has 120 valence electrons. The summed E-state index contributed by atoms with van der Waals surface area (Å²) in [6.07, 6.45) is 0. The van der Waals surface area contributed by atoms with E-state index in [0.29, 0.717) is 10.2 Å². The van der Waals surface area contributed by atoms with Gasteiger partial charge in [0.1, 0.15) is 12.2 Å². The highest BCUT2D eigenvalue weighted by Gasteiger charge is 2.23. The zero-order valence-electron chi connectivity index (χ0n) is 13.4. The van der Waals surface area contributed by atoms with Gasteiger partial charge in [-0.3, -0.25) is 14.3 Å². The van der Waals surface area contributed by atoms with Crippen LogP contribution in [-0.4, -0.2) is 44.3 Å². The summed E-state index contributed by atoms with van der Waals surface area (Å²) in [6, 6.07) is 13.7. The highest BCUT2D eigenvalue weighted by Crippen LogP contribution is 2.25. The number of rotatable bonds is 2. The molecule has 0 radical (unpaired) electrons. The molecule has 5 nitrogen and oxygen atoms in total. The Kier molecular flexibility index (Phi) is 5.16. The van der Waals surface area contributed by atoms with Gasteiger partial charge in [-0.05, 0) is 6.07 Å². The maximum absolute atomic E-state index is 11.9. The number of aliphatic imine (C=N–C) groups is 1. The molecule has 0 saturated carbocycles. The first kappa shape index (κ1) is 17.6. The van der Waals surface area contributed by atoms with Crippen molar-refractivity contribution in [2.45, 2.75) is 0 Å². The fraction of sp³-hybridized carbons (Fsp3) is 0.235. The van der Waals surface area contributed by atoms with Crippen LogP contribution in [0.1, 0.15) is 11.3 Å². The minimum Gasteiger partial charge on any atom is -1.00 e. The van der Waals surface area contributed by atoms with Crippen LogP contribution in [0.15, 0.2) is 47.5 Å². The number of nitrogens with zero attached hydrogens (tertiary/aromatic N) is 3. The Morgan fingerprint density at radius 2 is 1.74 bits per heavy atom. The molecule has 6 heteroatoms. The summed E-state index contributed by atoms with van der Waals surface area (Å²) >= 11 is 0. The Morgan fingerprint density at radius 1 is 1.04 bits per heavy atom. The minimum absolute atomic E-state index is 0. The van der Waals surface area contributed by atoms with Gasteiger partial charge in [-0.1, -0.05) is 30.3 Å². The summed E-state index contributed by atoms with van der Waals surface area (Å²) < 4.78 is 0.600. The molecule has 1 N–H and O–H groups in total. The molecular formula is C17H19IN4O. The molecule has 0 aliphatic carbocycles. The number of aromatic nitrogens is 1. The summed E-state index contributed by atoms with van der Waals surface area (Å²) in [5.41, 5.74) is 3.15. The summed E-state index contributed by atoms with van der Waals surface area (Å²) in [7, 11) is 6.18. The number of anilines is 1. The van der Waals surface area contributed by atoms with Gasteiger partial charge in [-0.25, -0.2) is 0 Å². The van der Waals surface area contributed by atoms with Gasteiger partial charge < -0.3 is 29.3 Å². The summed E-state index contributed by atoms with van der Waals surface area (Å²) in [5, 5.41) is 2.88. The first-order valence-corrected chi connectivity index (χ1v) is 7.18. The van der Waals surface area contributed by atoms with Crippen molar-refractivity contribution in [1.82, 2.24) is 9.47 Å². The molecule has 0 bridgehead atoms. The number of carbonyl (C=O) groups excluding carboxylic acids is 1. The normalized spacial score (nSPS) is 14.0. The van der Waals surface area contributed by atoms with Gasteiger partial charge in [0, 0.05) is 11.6 Å². The molecular weight excluding hydrogens is 403 g/mol. The van der Waals surface area contributed by atoms with Gasteiger partial charge in [0.05, 0.1) is 32.5 Å². The van der Waals surface area contributed by atoms with Crippen LogP contribution in [0.5, 0.6) is 0 Å². The first-order valence-electron chi connectivity index (χ1n) is 7.18. The maximum atomic E-state index is 11.9. The molecule has 1 aliphatic heterocycles. The quantitative estimate of drug-likeness (QED) is 0.503. The van der Waals surface area contributed by atoms with Crippen LogP contribution in [0.2, 0.25) is 0 Å². The third-order valence-electron chi connectivity index (χ3n) is 3.49. The minimum atomic E-state index is -0.119. The molecule has 0 spiro atoms. The van der Waals surface area contributed by atoms with Crippen molar-refractivity contribution in [3.63, 3.8) is 0 Å². The lowest BCUT2D eigenvalue weighted by Crippen LogP contribution is -3.00. The largest absolute Gasteiger partial charge is 1.00 e. The van der Waals surface area contributed by atoms with E-state index >= 15 is 0 Å². The lowest BCUT2D eigenvalue weighted by atomic mass is 10.1. The Hall–Kier alpha value is -1.80. The van der Waals surface area contributed by atoms with E-state index in [-0.39, 0.29) is 36.4 Å². The number of pyridine rings is 1. The number of nitrogens with one attached hydrogen (secondary N) is 1. The van der Waals surface area contributed by atoms with Crippen molar-refractivity contribution in [2.24, 2.45) is 4.99 Å². The molecule has 1 aliphatic rings. The topological polar surface area (TPSA) is 54.4 Å². The van der Waals surface area contributed by atoms with Gasteiger partial charge in [0.15, 0.2) is 0 Å². The molecule has 23 heavy (non-hydrogen) atoms. The maximum Gasteiger partial charge on any atom is 0.246 e. The predicted molar refractivity (Wildman–Crippen MR) is 89.4 cm³/mol. The van der Waals surface area contributed by atoms with Crippen molar-refractivity contribution in [3.05, 3.63) is 53.7 Å². The number of quaternary nitrogens is 1. The predicted octanol–water partition coefficient (Wildman–Crippen LogP) is -0.928. The molecule has 0 atom stereocenters. The van der Waals surface area contributed by atoms with Gasteiger partial charge in [-0.2, -0.15) is 4.98 Å². The Labute approximate surface area is 153 Å². The summed E-state index contributed by atoms with van der Waals surface area (Å²) in [4.78, 5) is 21.1. The van der Waals surface area contributed by atoms with E-state index in [1.807, 2.05) is 42.5 Å². The summed E-state index contributed by atoms with van der Waals surface area (Å²) in [6.45, 7) is 0.111. The number of fused-ring (bicyclic) bond motifs is 1. The fourth-order valence-corrected chi connectivity index (χ4v) is 2.34. The standard InChI is InChI=1S/C17H18N4O.HI/c1-21(2,3)14-10-9-13-17(20-14)16(18-11-15(22)19-13)12-7-5-4-6-8-12;/h4-10H,11H2,1-3H3;1H. The molecule has 1 aromatic carbocycles. The van der Waals surface area contributed by atoms with Gasteiger partial charge >= 0.3 is 0 Å². The average Bonchev–Trinajstić information content (AvgIpc) is 2.65. The molecule has 0 saturated heterocycles. The second kappa shape index (κ2) is 6.76. The van der Waals surface area contributed by atoms with E-state index in [9.17, 15) is 4.79 Å². The van der Waals surface area contributed by atoms with E-state index in [1.54, 1.807) is 0 Å².